The molecule has 0 heterocycles. The highest BCUT2D eigenvalue weighted by Gasteiger charge is 2.20. The Morgan fingerprint density at radius 3 is 2.76 bits per heavy atom. The smallest absolute Gasteiger partial charge is 0.165 e. The molecule has 1 fully saturated rings. The number of ether oxygens (including phenoxy) is 3. The number of benzene rings is 1. The molecule has 1 N–H and O–H groups in total. The molecule has 0 amide bonds. The van der Waals surface area contributed by atoms with E-state index in [4.69, 9.17) is 14.2 Å². The molecule has 5 heteroatoms. The number of nitrogens with one attached hydrogen (secondary N) is 1. The molecule has 0 saturated heterocycles. The van der Waals surface area contributed by atoms with Crippen LogP contribution >= 0.6 is 0 Å². The second-order valence-corrected chi connectivity index (χ2v) is 5.23. The van der Waals surface area contributed by atoms with Crippen LogP contribution in [0.3, 0.4) is 0 Å². The summed E-state index contributed by atoms with van der Waals surface area (Å²) >= 11 is 0. The van der Waals surface area contributed by atoms with Crippen molar-refractivity contribution < 1.29 is 18.6 Å². The van der Waals surface area contributed by atoms with Gasteiger partial charge in [0.25, 0.3) is 0 Å². The van der Waals surface area contributed by atoms with Crippen molar-refractivity contribution in [1.82, 2.24) is 5.32 Å². The van der Waals surface area contributed by atoms with Crippen LogP contribution < -0.4 is 10.1 Å². The lowest BCUT2D eigenvalue weighted by Gasteiger charge is -2.09. The molecule has 0 radical (unpaired) electrons. The maximum Gasteiger partial charge on any atom is 0.165 e. The van der Waals surface area contributed by atoms with Gasteiger partial charge in [0.05, 0.1) is 19.8 Å². The molecule has 118 valence electrons. The Morgan fingerprint density at radius 1 is 1.19 bits per heavy atom. The normalized spacial score (nSPS) is 14.4. The minimum absolute atomic E-state index is 0.301. The van der Waals surface area contributed by atoms with Crippen LogP contribution in [0, 0.1) is 5.82 Å². The van der Waals surface area contributed by atoms with Crippen molar-refractivity contribution in [3.05, 3.63) is 29.6 Å². The summed E-state index contributed by atoms with van der Waals surface area (Å²) in [5.74, 6) is 0.00691. The topological polar surface area (TPSA) is 39.7 Å². The standard InChI is InChI=1S/C16H24FNO3/c1-19-9-10-20-7-2-8-21-16-6-3-13(11-15(16)17)12-18-14-4-5-14/h3,6,11,14,18H,2,4-5,7-10,12H2,1H3. The molecule has 0 aromatic heterocycles. The van der Waals surface area contributed by atoms with E-state index in [-0.39, 0.29) is 5.82 Å². The molecule has 0 aliphatic heterocycles. The van der Waals surface area contributed by atoms with E-state index in [1.807, 2.05) is 6.07 Å². The zero-order chi connectivity index (χ0) is 14.9. The van der Waals surface area contributed by atoms with Crippen molar-refractivity contribution in [3.63, 3.8) is 0 Å². The fraction of sp³-hybridized carbons (Fsp3) is 0.625. The van der Waals surface area contributed by atoms with E-state index >= 15 is 0 Å². The molecule has 0 bridgehead atoms. The van der Waals surface area contributed by atoms with Gasteiger partial charge in [0.1, 0.15) is 0 Å². The first-order valence-electron chi connectivity index (χ1n) is 7.51. The first-order chi connectivity index (χ1) is 10.3. The van der Waals surface area contributed by atoms with Crippen molar-refractivity contribution in [1.29, 1.82) is 0 Å². The van der Waals surface area contributed by atoms with Gasteiger partial charge in [0.2, 0.25) is 0 Å². The first-order valence-corrected chi connectivity index (χ1v) is 7.51. The summed E-state index contributed by atoms with van der Waals surface area (Å²) in [5, 5.41) is 3.36. The summed E-state index contributed by atoms with van der Waals surface area (Å²) < 4.78 is 29.5. The molecule has 4 nitrogen and oxygen atoms in total. The van der Waals surface area contributed by atoms with Crippen molar-refractivity contribution in [2.45, 2.75) is 31.8 Å². The van der Waals surface area contributed by atoms with Crippen LogP contribution in [0.5, 0.6) is 5.75 Å². The largest absolute Gasteiger partial charge is 0.490 e. The summed E-state index contributed by atoms with van der Waals surface area (Å²) in [6.45, 7) is 2.92. The van der Waals surface area contributed by atoms with Crippen LogP contribution in [0.1, 0.15) is 24.8 Å². The highest BCUT2D eigenvalue weighted by atomic mass is 19.1. The molecule has 1 aromatic carbocycles. The predicted molar refractivity (Wildman–Crippen MR) is 79.1 cm³/mol. The SMILES string of the molecule is COCCOCCCOc1ccc(CNC2CC2)cc1F. The van der Waals surface area contributed by atoms with Gasteiger partial charge in [0, 0.05) is 32.7 Å². The molecule has 1 aromatic rings. The maximum atomic E-state index is 13.9. The van der Waals surface area contributed by atoms with Gasteiger partial charge in [-0.1, -0.05) is 6.07 Å². The Morgan fingerprint density at radius 2 is 2.05 bits per heavy atom. The summed E-state index contributed by atoms with van der Waals surface area (Å²) in [7, 11) is 1.64. The number of halogens is 1. The van der Waals surface area contributed by atoms with Crippen molar-refractivity contribution >= 4 is 0 Å². The fourth-order valence-corrected chi connectivity index (χ4v) is 1.91. The Balaban J connectivity index is 1.63. The van der Waals surface area contributed by atoms with Crippen LogP contribution in [0.15, 0.2) is 18.2 Å². The Bertz CT molecular complexity index is 424. The van der Waals surface area contributed by atoms with Gasteiger partial charge in [-0.15, -0.1) is 0 Å². The second-order valence-electron chi connectivity index (χ2n) is 5.23. The average Bonchev–Trinajstić information content (AvgIpc) is 3.30. The summed E-state index contributed by atoms with van der Waals surface area (Å²) in [5.41, 5.74) is 0.953. The van der Waals surface area contributed by atoms with Gasteiger partial charge in [-0.25, -0.2) is 4.39 Å². The molecule has 0 unspecified atom stereocenters. The van der Waals surface area contributed by atoms with E-state index in [2.05, 4.69) is 5.32 Å². The Kier molecular flexibility index (Phi) is 6.92. The van der Waals surface area contributed by atoms with Crippen LogP contribution in [-0.2, 0) is 16.0 Å². The van der Waals surface area contributed by atoms with E-state index in [1.54, 1.807) is 19.2 Å². The third-order valence-corrected chi connectivity index (χ3v) is 3.29. The lowest BCUT2D eigenvalue weighted by molar-refractivity contribution is 0.0642. The number of methoxy groups -OCH3 is 1. The summed E-state index contributed by atoms with van der Waals surface area (Å²) in [6.07, 6.45) is 3.19. The summed E-state index contributed by atoms with van der Waals surface area (Å²) in [6, 6.07) is 5.77. The van der Waals surface area contributed by atoms with Crippen molar-refractivity contribution in [2.24, 2.45) is 0 Å². The highest BCUT2D eigenvalue weighted by Crippen LogP contribution is 2.21. The van der Waals surface area contributed by atoms with Crippen molar-refractivity contribution in [2.75, 3.05) is 33.5 Å². The van der Waals surface area contributed by atoms with Gasteiger partial charge in [-0.2, -0.15) is 0 Å². The molecule has 0 atom stereocenters. The monoisotopic (exact) mass is 297 g/mol. The average molecular weight is 297 g/mol. The zero-order valence-electron chi connectivity index (χ0n) is 12.6. The second kappa shape index (κ2) is 8.97. The Hall–Kier alpha value is -1.17. The number of rotatable bonds is 11. The van der Waals surface area contributed by atoms with Gasteiger partial charge < -0.3 is 19.5 Å². The number of hydrogen-bond acceptors (Lipinski definition) is 4. The van der Waals surface area contributed by atoms with Crippen molar-refractivity contribution in [3.8, 4) is 5.75 Å². The minimum Gasteiger partial charge on any atom is -0.490 e. The maximum absolute atomic E-state index is 13.9. The molecule has 1 aliphatic carbocycles. The van der Waals surface area contributed by atoms with Crippen LogP contribution in [0.4, 0.5) is 4.39 Å². The van der Waals surface area contributed by atoms with Gasteiger partial charge in [-0.3, -0.25) is 0 Å². The van der Waals surface area contributed by atoms with E-state index in [9.17, 15) is 4.39 Å². The number of hydrogen-bond donors (Lipinski definition) is 1. The van der Waals surface area contributed by atoms with E-state index < -0.39 is 0 Å². The molecular weight excluding hydrogens is 273 g/mol. The lowest BCUT2D eigenvalue weighted by atomic mass is 10.2. The van der Waals surface area contributed by atoms with Gasteiger partial charge in [0.15, 0.2) is 11.6 Å². The molecule has 1 aliphatic rings. The third-order valence-electron chi connectivity index (χ3n) is 3.29. The third kappa shape index (κ3) is 6.42. The molecule has 2 rings (SSSR count). The van der Waals surface area contributed by atoms with Gasteiger partial charge >= 0.3 is 0 Å². The van der Waals surface area contributed by atoms with Gasteiger partial charge in [-0.05, 0) is 30.5 Å². The molecule has 1 saturated carbocycles. The fourth-order valence-electron chi connectivity index (χ4n) is 1.91. The van der Waals surface area contributed by atoms with Crippen LogP contribution in [0.2, 0.25) is 0 Å². The predicted octanol–water partition coefficient (Wildman–Crippen LogP) is 2.51. The highest BCUT2D eigenvalue weighted by molar-refractivity contribution is 5.29. The zero-order valence-corrected chi connectivity index (χ0v) is 12.6. The van der Waals surface area contributed by atoms with E-state index in [1.165, 1.54) is 12.8 Å². The molecule has 0 spiro atoms. The quantitative estimate of drug-likeness (QED) is 0.637. The molecule has 21 heavy (non-hydrogen) atoms. The van der Waals surface area contributed by atoms with E-state index in [0.29, 0.717) is 38.2 Å². The minimum atomic E-state index is -0.301. The van der Waals surface area contributed by atoms with E-state index in [0.717, 1.165) is 18.5 Å². The summed E-state index contributed by atoms with van der Waals surface area (Å²) in [4.78, 5) is 0. The van der Waals surface area contributed by atoms with Crippen LogP contribution in [-0.4, -0.2) is 39.6 Å². The van der Waals surface area contributed by atoms with Crippen LogP contribution in [0.25, 0.3) is 0 Å². The Labute approximate surface area is 125 Å². The lowest BCUT2D eigenvalue weighted by Crippen LogP contribution is -2.15. The molecular formula is C16H24FNO3. The first kappa shape index (κ1) is 16.2.